The number of morpholine rings is 1. The zero-order valence-electron chi connectivity index (χ0n) is 18.0. The molecule has 1 aromatic heterocycles. The van der Waals surface area contributed by atoms with Crippen molar-refractivity contribution in [2.24, 2.45) is 0 Å². The summed E-state index contributed by atoms with van der Waals surface area (Å²) >= 11 is 0. The van der Waals surface area contributed by atoms with Gasteiger partial charge in [0, 0.05) is 51.4 Å². The third kappa shape index (κ3) is 4.64. The summed E-state index contributed by atoms with van der Waals surface area (Å²) < 4.78 is 10.7. The van der Waals surface area contributed by atoms with Crippen LogP contribution >= 0.6 is 0 Å². The number of aromatic nitrogens is 1. The van der Waals surface area contributed by atoms with E-state index in [0.717, 1.165) is 30.2 Å². The van der Waals surface area contributed by atoms with Gasteiger partial charge in [-0.1, -0.05) is 12.1 Å². The number of carbonyl (C=O) groups excluding carboxylic acids is 2. The number of nitrogens with zero attached hydrogens (tertiary/aromatic N) is 4. The van der Waals surface area contributed by atoms with Crippen LogP contribution in [-0.4, -0.2) is 79.6 Å². The van der Waals surface area contributed by atoms with Crippen LogP contribution in [-0.2, 0) is 9.53 Å². The molecule has 3 heterocycles. The first-order valence-corrected chi connectivity index (χ1v) is 10.6. The molecule has 2 amide bonds. The molecule has 1 aromatic carbocycles. The maximum Gasteiger partial charge on any atom is 0.254 e. The van der Waals surface area contributed by atoms with Crippen molar-refractivity contribution >= 4 is 17.6 Å². The van der Waals surface area contributed by atoms with Crippen LogP contribution in [0.15, 0.2) is 42.6 Å². The Balaban J connectivity index is 1.60. The van der Waals surface area contributed by atoms with E-state index in [0.29, 0.717) is 38.4 Å². The van der Waals surface area contributed by atoms with Crippen LogP contribution in [0.5, 0.6) is 5.75 Å². The Morgan fingerprint density at radius 3 is 2.48 bits per heavy atom. The summed E-state index contributed by atoms with van der Waals surface area (Å²) in [5, 5.41) is 0. The monoisotopic (exact) mass is 424 g/mol. The third-order valence-electron chi connectivity index (χ3n) is 5.91. The predicted octanol–water partition coefficient (Wildman–Crippen LogP) is 1.97. The van der Waals surface area contributed by atoms with Crippen molar-refractivity contribution in [1.82, 2.24) is 14.8 Å². The van der Waals surface area contributed by atoms with Crippen LogP contribution in [0.1, 0.15) is 28.9 Å². The van der Waals surface area contributed by atoms with E-state index in [1.807, 2.05) is 35.2 Å². The molecule has 31 heavy (non-hydrogen) atoms. The van der Waals surface area contributed by atoms with Crippen molar-refractivity contribution in [3.8, 4) is 5.75 Å². The van der Waals surface area contributed by atoms with E-state index in [-0.39, 0.29) is 17.9 Å². The largest absolute Gasteiger partial charge is 0.497 e. The Morgan fingerprint density at radius 1 is 1.06 bits per heavy atom. The standard InChI is InChI=1S/C23H28N4O4/c1-17(28)26-9-10-27(21(16-26)18-3-5-20(30-2)6-4-18)23(29)19-7-8-24-22(15-19)25-11-13-31-14-12-25/h3-8,15,21H,9-14,16H2,1-2H3/t21-/m0/s1. The summed E-state index contributed by atoms with van der Waals surface area (Å²) in [4.78, 5) is 35.8. The summed E-state index contributed by atoms with van der Waals surface area (Å²) in [6.07, 6.45) is 1.69. The van der Waals surface area contributed by atoms with E-state index in [1.54, 1.807) is 31.2 Å². The van der Waals surface area contributed by atoms with E-state index in [2.05, 4.69) is 9.88 Å². The Hall–Kier alpha value is -3.13. The Kier molecular flexibility index (Phi) is 6.36. The molecule has 2 aromatic rings. The Morgan fingerprint density at radius 2 is 1.81 bits per heavy atom. The lowest BCUT2D eigenvalue weighted by molar-refractivity contribution is -0.131. The molecule has 0 unspecified atom stereocenters. The first-order chi connectivity index (χ1) is 15.1. The molecule has 0 saturated carbocycles. The third-order valence-corrected chi connectivity index (χ3v) is 5.91. The normalized spacial score (nSPS) is 19.3. The van der Waals surface area contributed by atoms with Gasteiger partial charge in [-0.2, -0.15) is 0 Å². The number of carbonyl (C=O) groups is 2. The van der Waals surface area contributed by atoms with Crippen molar-refractivity contribution in [2.75, 3.05) is 57.9 Å². The highest BCUT2D eigenvalue weighted by Gasteiger charge is 2.33. The molecule has 2 aliphatic rings. The number of amides is 2. The molecule has 8 heteroatoms. The second-order valence-electron chi connectivity index (χ2n) is 7.75. The van der Waals surface area contributed by atoms with Crippen LogP contribution in [0.25, 0.3) is 0 Å². The van der Waals surface area contributed by atoms with Crippen molar-refractivity contribution in [3.05, 3.63) is 53.7 Å². The molecule has 164 valence electrons. The van der Waals surface area contributed by atoms with E-state index in [9.17, 15) is 9.59 Å². The van der Waals surface area contributed by atoms with Crippen molar-refractivity contribution < 1.29 is 19.1 Å². The second kappa shape index (κ2) is 9.34. The second-order valence-corrected chi connectivity index (χ2v) is 7.75. The van der Waals surface area contributed by atoms with Gasteiger partial charge < -0.3 is 24.2 Å². The molecule has 0 bridgehead atoms. The van der Waals surface area contributed by atoms with Gasteiger partial charge >= 0.3 is 0 Å². The van der Waals surface area contributed by atoms with E-state index < -0.39 is 0 Å². The number of piperazine rings is 1. The van der Waals surface area contributed by atoms with Gasteiger partial charge in [-0.15, -0.1) is 0 Å². The van der Waals surface area contributed by atoms with Crippen LogP contribution in [0.2, 0.25) is 0 Å². The molecule has 0 N–H and O–H groups in total. The molecule has 2 saturated heterocycles. The highest BCUT2D eigenvalue weighted by Crippen LogP contribution is 2.29. The first kappa shape index (κ1) is 21.1. The number of methoxy groups -OCH3 is 1. The highest BCUT2D eigenvalue weighted by atomic mass is 16.5. The molecular formula is C23H28N4O4. The molecule has 2 fully saturated rings. The molecule has 0 radical (unpaired) electrons. The van der Waals surface area contributed by atoms with Gasteiger partial charge in [0.2, 0.25) is 5.91 Å². The molecule has 1 atom stereocenters. The summed E-state index contributed by atoms with van der Waals surface area (Å²) in [5.41, 5.74) is 1.58. The van der Waals surface area contributed by atoms with Crippen molar-refractivity contribution in [1.29, 1.82) is 0 Å². The first-order valence-electron chi connectivity index (χ1n) is 10.6. The van der Waals surface area contributed by atoms with Crippen molar-refractivity contribution in [2.45, 2.75) is 13.0 Å². The zero-order valence-corrected chi connectivity index (χ0v) is 18.0. The number of anilines is 1. The zero-order chi connectivity index (χ0) is 21.8. The Bertz CT molecular complexity index is 927. The number of benzene rings is 1. The topological polar surface area (TPSA) is 75.2 Å². The minimum Gasteiger partial charge on any atom is -0.497 e. The average Bonchev–Trinajstić information content (AvgIpc) is 2.84. The lowest BCUT2D eigenvalue weighted by Gasteiger charge is -2.41. The van der Waals surface area contributed by atoms with Gasteiger partial charge in [0.25, 0.3) is 5.91 Å². The number of ether oxygens (including phenoxy) is 2. The van der Waals surface area contributed by atoms with Gasteiger partial charge in [-0.05, 0) is 29.8 Å². The minimum atomic E-state index is -0.226. The van der Waals surface area contributed by atoms with E-state index >= 15 is 0 Å². The maximum absolute atomic E-state index is 13.5. The van der Waals surface area contributed by atoms with Gasteiger partial charge in [-0.3, -0.25) is 9.59 Å². The molecule has 4 rings (SSSR count). The smallest absolute Gasteiger partial charge is 0.254 e. The average molecular weight is 425 g/mol. The summed E-state index contributed by atoms with van der Waals surface area (Å²) in [6, 6.07) is 11.1. The van der Waals surface area contributed by atoms with E-state index in [1.165, 1.54) is 0 Å². The summed E-state index contributed by atoms with van der Waals surface area (Å²) in [7, 11) is 1.62. The van der Waals surface area contributed by atoms with Crippen LogP contribution in [0.4, 0.5) is 5.82 Å². The number of hydrogen-bond acceptors (Lipinski definition) is 6. The van der Waals surface area contributed by atoms with E-state index in [4.69, 9.17) is 9.47 Å². The predicted molar refractivity (Wildman–Crippen MR) is 116 cm³/mol. The van der Waals surface area contributed by atoms with Gasteiger partial charge in [0.05, 0.1) is 26.4 Å². The summed E-state index contributed by atoms with van der Waals surface area (Å²) in [5.74, 6) is 1.51. The highest BCUT2D eigenvalue weighted by molar-refractivity contribution is 5.95. The SMILES string of the molecule is COc1ccc([C@@H]2CN(C(C)=O)CCN2C(=O)c2ccnc(N3CCOCC3)c2)cc1. The molecule has 0 spiro atoms. The molecule has 0 aliphatic carbocycles. The fourth-order valence-electron chi connectivity index (χ4n) is 4.11. The lowest BCUT2D eigenvalue weighted by atomic mass is 10.0. The lowest BCUT2D eigenvalue weighted by Crippen LogP contribution is -2.51. The fraction of sp³-hybridized carbons (Fsp3) is 0.435. The number of hydrogen-bond donors (Lipinski definition) is 0. The van der Waals surface area contributed by atoms with Gasteiger partial charge in [0.1, 0.15) is 11.6 Å². The molecular weight excluding hydrogens is 396 g/mol. The Labute approximate surface area is 182 Å². The molecule has 2 aliphatic heterocycles. The minimum absolute atomic E-state index is 0.0177. The number of rotatable bonds is 4. The summed E-state index contributed by atoms with van der Waals surface area (Å²) in [6.45, 7) is 5.87. The fourth-order valence-corrected chi connectivity index (χ4v) is 4.11. The van der Waals surface area contributed by atoms with Crippen molar-refractivity contribution in [3.63, 3.8) is 0 Å². The number of pyridine rings is 1. The van der Waals surface area contributed by atoms with Crippen LogP contribution in [0.3, 0.4) is 0 Å². The van der Waals surface area contributed by atoms with Gasteiger partial charge in [-0.25, -0.2) is 4.98 Å². The van der Waals surface area contributed by atoms with Crippen LogP contribution in [0, 0.1) is 0 Å². The van der Waals surface area contributed by atoms with Crippen LogP contribution < -0.4 is 9.64 Å². The van der Waals surface area contributed by atoms with Gasteiger partial charge in [0.15, 0.2) is 0 Å². The maximum atomic E-state index is 13.5. The quantitative estimate of drug-likeness (QED) is 0.747. The molecule has 8 nitrogen and oxygen atoms in total.